The van der Waals surface area contributed by atoms with Crippen LogP contribution >= 0.6 is 11.6 Å². The summed E-state index contributed by atoms with van der Waals surface area (Å²) in [6.45, 7) is 0. The topological polar surface area (TPSA) is 46.3 Å². The maximum Gasteiger partial charge on any atom is 0.300 e. The molecular formula is C10H9ClN2O2. The second-order valence-corrected chi connectivity index (χ2v) is 3.77. The summed E-state index contributed by atoms with van der Waals surface area (Å²) >= 11 is 5.77. The first-order valence-corrected chi connectivity index (χ1v) is 4.73. The van der Waals surface area contributed by atoms with Crippen molar-refractivity contribution in [3.63, 3.8) is 0 Å². The highest BCUT2D eigenvalue weighted by Gasteiger charge is 2.07. The molecule has 0 aliphatic rings. The summed E-state index contributed by atoms with van der Waals surface area (Å²) in [5.41, 5.74) is 0.158. The van der Waals surface area contributed by atoms with E-state index in [2.05, 4.69) is 4.98 Å². The molecule has 78 valence electrons. The first kappa shape index (κ1) is 9.98. The summed E-state index contributed by atoms with van der Waals surface area (Å²) in [5, 5.41) is 0.891. The SMILES string of the molecule is CN(C)c1nc(=O)c2cc(Cl)ccc2o1. The fourth-order valence-corrected chi connectivity index (χ4v) is 1.39. The van der Waals surface area contributed by atoms with Crippen molar-refractivity contribution in [1.29, 1.82) is 0 Å². The second kappa shape index (κ2) is 3.55. The van der Waals surface area contributed by atoms with E-state index < -0.39 is 0 Å². The van der Waals surface area contributed by atoms with Crippen molar-refractivity contribution >= 4 is 28.6 Å². The fraction of sp³-hybridized carbons (Fsp3) is 0.200. The number of hydrogen-bond acceptors (Lipinski definition) is 4. The van der Waals surface area contributed by atoms with E-state index >= 15 is 0 Å². The number of aromatic nitrogens is 1. The van der Waals surface area contributed by atoms with Crippen LogP contribution in [0.5, 0.6) is 0 Å². The van der Waals surface area contributed by atoms with E-state index in [9.17, 15) is 4.79 Å². The first-order valence-electron chi connectivity index (χ1n) is 4.35. The van der Waals surface area contributed by atoms with Gasteiger partial charge in [0, 0.05) is 19.1 Å². The van der Waals surface area contributed by atoms with Gasteiger partial charge in [0.05, 0.1) is 5.39 Å². The van der Waals surface area contributed by atoms with E-state index in [1.165, 1.54) is 0 Å². The Hall–Kier alpha value is -1.55. The molecule has 2 rings (SSSR count). The van der Waals surface area contributed by atoms with Gasteiger partial charge in [-0.25, -0.2) is 0 Å². The molecule has 1 aromatic carbocycles. The maximum atomic E-state index is 11.6. The van der Waals surface area contributed by atoms with Gasteiger partial charge in [0.15, 0.2) is 0 Å². The van der Waals surface area contributed by atoms with Gasteiger partial charge in [0.2, 0.25) is 0 Å². The zero-order valence-corrected chi connectivity index (χ0v) is 9.08. The maximum absolute atomic E-state index is 11.6. The molecule has 0 saturated carbocycles. The highest BCUT2D eigenvalue weighted by Crippen LogP contribution is 2.18. The van der Waals surface area contributed by atoms with Crippen molar-refractivity contribution in [3.8, 4) is 0 Å². The van der Waals surface area contributed by atoms with Crippen molar-refractivity contribution in [1.82, 2.24) is 4.98 Å². The van der Waals surface area contributed by atoms with Crippen LogP contribution in [0.2, 0.25) is 5.02 Å². The zero-order chi connectivity index (χ0) is 11.0. The Morgan fingerprint density at radius 1 is 1.40 bits per heavy atom. The van der Waals surface area contributed by atoms with Crippen molar-refractivity contribution < 1.29 is 4.42 Å². The Morgan fingerprint density at radius 2 is 2.13 bits per heavy atom. The van der Waals surface area contributed by atoms with Gasteiger partial charge in [-0.1, -0.05) is 11.6 Å². The Bertz CT molecular complexity index is 563. The van der Waals surface area contributed by atoms with Crippen molar-refractivity contribution in [2.75, 3.05) is 19.0 Å². The Kier molecular flexibility index (Phi) is 2.36. The van der Waals surface area contributed by atoms with Crippen LogP contribution in [0.25, 0.3) is 11.0 Å². The predicted molar refractivity (Wildman–Crippen MR) is 59.6 cm³/mol. The molecule has 0 spiro atoms. The number of hydrogen-bond donors (Lipinski definition) is 0. The van der Waals surface area contributed by atoms with Crippen LogP contribution in [0.3, 0.4) is 0 Å². The molecule has 0 amide bonds. The largest absolute Gasteiger partial charge is 0.425 e. The van der Waals surface area contributed by atoms with Gasteiger partial charge in [0.1, 0.15) is 5.58 Å². The minimum Gasteiger partial charge on any atom is -0.425 e. The van der Waals surface area contributed by atoms with Crippen LogP contribution in [-0.2, 0) is 0 Å². The van der Waals surface area contributed by atoms with Crippen LogP contribution in [0, 0.1) is 0 Å². The van der Waals surface area contributed by atoms with Crippen molar-refractivity contribution in [2.45, 2.75) is 0 Å². The standard InChI is InChI=1S/C10H9ClN2O2/c1-13(2)10-12-9(14)7-5-6(11)3-4-8(7)15-10/h3-5H,1-2H3. The lowest BCUT2D eigenvalue weighted by atomic mass is 10.2. The van der Waals surface area contributed by atoms with E-state index in [1.807, 2.05) is 0 Å². The minimum atomic E-state index is -0.331. The van der Waals surface area contributed by atoms with Gasteiger partial charge < -0.3 is 9.32 Å². The summed E-state index contributed by atoms with van der Waals surface area (Å²) in [7, 11) is 3.51. The molecule has 0 aliphatic heterocycles. The number of anilines is 1. The third kappa shape index (κ3) is 1.80. The molecule has 0 N–H and O–H groups in total. The van der Waals surface area contributed by atoms with Crippen molar-refractivity contribution in [2.24, 2.45) is 0 Å². The van der Waals surface area contributed by atoms with E-state index in [0.29, 0.717) is 16.0 Å². The Balaban J connectivity index is 2.79. The van der Waals surface area contributed by atoms with Gasteiger partial charge >= 0.3 is 6.01 Å². The van der Waals surface area contributed by atoms with Gasteiger partial charge in [-0.15, -0.1) is 0 Å². The van der Waals surface area contributed by atoms with Gasteiger partial charge in [-0.2, -0.15) is 4.98 Å². The highest BCUT2D eigenvalue weighted by atomic mass is 35.5. The Morgan fingerprint density at radius 3 is 2.80 bits per heavy atom. The molecule has 0 unspecified atom stereocenters. The predicted octanol–water partition coefficient (Wildman–Crippen LogP) is 1.91. The smallest absolute Gasteiger partial charge is 0.300 e. The van der Waals surface area contributed by atoms with Gasteiger partial charge in [0.25, 0.3) is 5.56 Å². The molecule has 1 aromatic heterocycles. The quantitative estimate of drug-likeness (QED) is 0.742. The molecule has 0 radical (unpaired) electrons. The molecule has 0 aliphatic carbocycles. The molecule has 0 bridgehead atoms. The van der Waals surface area contributed by atoms with Gasteiger partial charge in [-0.05, 0) is 18.2 Å². The zero-order valence-electron chi connectivity index (χ0n) is 8.32. The van der Waals surface area contributed by atoms with E-state index in [0.717, 1.165) is 0 Å². The van der Waals surface area contributed by atoms with E-state index in [-0.39, 0.29) is 11.6 Å². The normalized spacial score (nSPS) is 10.6. The minimum absolute atomic E-state index is 0.287. The lowest BCUT2D eigenvalue weighted by Crippen LogP contribution is -2.16. The number of benzene rings is 1. The number of nitrogens with zero attached hydrogens (tertiary/aromatic N) is 2. The first-order chi connectivity index (χ1) is 7.08. The average molecular weight is 225 g/mol. The number of rotatable bonds is 1. The monoisotopic (exact) mass is 224 g/mol. The Labute approximate surface area is 91.1 Å². The lowest BCUT2D eigenvalue weighted by Gasteiger charge is -2.08. The third-order valence-corrected chi connectivity index (χ3v) is 2.19. The molecule has 4 nitrogen and oxygen atoms in total. The van der Waals surface area contributed by atoms with Gasteiger partial charge in [-0.3, -0.25) is 4.79 Å². The van der Waals surface area contributed by atoms with Crippen LogP contribution in [0.4, 0.5) is 6.01 Å². The van der Waals surface area contributed by atoms with E-state index in [4.69, 9.17) is 16.0 Å². The molecule has 5 heteroatoms. The molecule has 0 fully saturated rings. The molecule has 1 heterocycles. The number of fused-ring (bicyclic) bond motifs is 1. The van der Waals surface area contributed by atoms with Crippen LogP contribution in [0.1, 0.15) is 0 Å². The van der Waals surface area contributed by atoms with E-state index in [1.54, 1.807) is 37.2 Å². The summed E-state index contributed by atoms with van der Waals surface area (Å²) in [6, 6.07) is 5.17. The fourth-order valence-electron chi connectivity index (χ4n) is 1.22. The molecule has 0 saturated heterocycles. The third-order valence-electron chi connectivity index (χ3n) is 1.95. The summed E-state index contributed by atoms with van der Waals surface area (Å²) < 4.78 is 5.42. The summed E-state index contributed by atoms with van der Waals surface area (Å²) in [4.78, 5) is 17.0. The molecule has 0 atom stereocenters. The van der Waals surface area contributed by atoms with Crippen LogP contribution in [-0.4, -0.2) is 19.1 Å². The highest BCUT2D eigenvalue weighted by molar-refractivity contribution is 6.31. The van der Waals surface area contributed by atoms with Crippen LogP contribution < -0.4 is 10.5 Å². The molecule has 15 heavy (non-hydrogen) atoms. The van der Waals surface area contributed by atoms with Crippen molar-refractivity contribution in [3.05, 3.63) is 33.6 Å². The van der Waals surface area contributed by atoms with Crippen LogP contribution in [0.15, 0.2) is 27.4 Å². The lowest BCUT2D eigenvalue weighted by molar-refractivity contribution is 0.573. The summed E-state index contributed by atoms with van der Waals surface area (Å²) in [5.74, 6) is 0. The second-order valence-electron chi connectivity index (χ2n) is 3.34. The number of halogens is 1. The molecule has 2 aromatic rings. The summed E-state index contributed by atoms with van der Waals surface area (Å²) in [6.07, 6.45) is 0. The molecular weight excluding hydrogens is 216 g/mol. The average Bonchev–Trinajstić information content (AvgIpc) is 2.18.